The van der Waals surface area contributed by atoms with E-state index in [2.05, 4.69) is 22.0 Å². The molecule has 5 heteroatoms. The minimum Gasteiger partial charge on any atom is -0.444 e. The van der Waals surface area contributed by atoms with Crippen LogP contribution in [0, 0.1) is 0 Å². The third-order valence-electron chi connectivity index (χ3n) is 2.54. The van der Waals surface area contributed by atoms with Crippen molar-refractivity contribution in [3.8, 4) is 0 Å². The third kappa shape index (κ3) is 3.62. The Kier molecular flexibility index (Phi) is 4.67. The van der Waals surface area contributed by atoms with Crippen molar-refractivity contribution in [3.63, 3.8) is 0 Å². The molecule has 0 aliphatic carbocycles. The first kappa shape index (κ1) is 15.3. The van der Waals surface area contributed by atoms with E-state index in [0.29, 0.717) is 13.1 Å². The summed E-state index contributed by atoms with van der Waals surface area (Å²) in [5.41, 5.74) is 1.94. The van der Waals surface area contributed by atoms with Crippen LogP contribution in [-0.2, 0) is 17.8 Å². The van der Waals surface area contributed by atoms with Crippen LogP contribution < -0.4 is 0 Å². The van der Waals surface area contributed by atoms with Crippen molar-refractivity contribution in [1.29, 1.82) is 0 Å². The van der Waals surface area contributed by atoms with Crippen molar-refractivity contribution in [1.82, 2.24) is 4.90 Å². The van der Waals surface area contributed by atoms with Crippen LogP contribution in [0.2, 0.25) is 0 Å². The molecule has 0 N–H and O–H groups in total. The molecule has 0 saturated carbocycles. The maximum Gasteiger partial charge on any atom is 0.410 e. The highest BCUT2D eigenvalue weighted by Crippen LogP contribution is 2.27. The van der Waals surface area contributed by atoms with E-state index in [4.69, 9.17) is 4.74 Å². The summed E-state index contributed by atoms with van der Waals surface area (Å²) in [5.74, 6) is 0. The first-order valence-corrected chi connectivity index (χ1v) is 6.40. The van der Waals surface area contributed by atoms with E-state index in [1.54, 1.807) is 4.90 Å². The maximum atomic E-state index is 11.9. The Morgan fingerprint density at radius 2 is 1.89 bits per heavy atom. The molecule has 18 heavy (non-hydrogen) atoms. The minimum absolute atomic E-state index is 0. The lowest BCUT2D eigenvalue weighted by Crippen LogP contribution is -2.33. The molecule has 100 valence electrons. The van der Waals surface area contributed by atoms with E-state index < -0.39 is 5.60 Å². The van der Waals surface area contributed by atoms with Crippen molar-refractivity contribution < 1.29 is 9.53 Å². The minimum atomic E-state index is -0.438. The van der Waals surface area contributed by atoms with Crippen LogP contribution in [0.5, 0.6) is 0 Å². The summed E-state index contributed by atoms with van der Waals surface area (Å²) >= 11 is 3.44. The first-order valence-electron chi connectivity index (χ1n) is 5.60. The highest BCUT2D eigenvalue weighted by molar-refractivity contribution is 9.10. The van der Waals surface area contributed by atoms with Crippen molar-refractivity contribution in [2.24, 2.45) is 0 Å². The molecule has 0 atom stereocenters. The van der Waals surface area contributed by atoms with Gasteiger partial charge in [0.15, 0.2) is 0 Å². The predicted molar refractivity (Wildman–Crippen MR) is 76.9 cm³/mol. The van der Waals surface area contributed by atoms with E-state index in [9.17, 15) is 4.79 Å². The second-order valence-electron chi connectivity index (χ2n) is 5.25. The number of ether oxygens (including phenoxy) is 1. The van der Waals surface area contributed by atoms with Gasteiger partial charge in [-0.05, 0) is 44.0 Å². The predicted octanol–water partition coefficient (Wildman–Crippen LogP) is 4.12. The first-order chi connectivity index (χ1) is 7.85. The normalized spacial score (nSPS) is 13.9. The summed E-state index contributed by atoms with van der Waals surface area (Å²) in [6.45, 7) is 6.90. The van der Waals surface area contributed by atoms with E-state index in [1.807, 2.05) is 32.9 Å². The van der Waals surface area contributed by atoms with Gasteiger partial charge in [0.25, 0.3) is 0 Å². The summed E-state index contributed by atoms with van der Waals surface area (Å²) in [6, 6.07) is 6.10. The van der Waals surface area contributed by atoms with Gasteiger partial charge >= 0.3 is 6.09 Å². The van der Waals surface area contributed by atoms with E-state index in [-0.39, 0.29) is 18.5 Å². The van der Waals surface area contributed by atoms with Crippen LogP contribution in [-0.4, -0.2) is 16.6 Å². The number of benzene rings is 1. The second kappa shape index (κ2) is 5.49. The van der Waals surface area contributed by atoms with Crippen LogP contribution >= 0.6 is 28.3 Å². The fraction of sp³-hybridized carbons (Fsp3) is 0.462. The Hall–Kier alpha value is -0.740. The number of hydrogen-bond donors (Lipinski definition) is 0. The highest BCUT2D eigenvalue weighted by atomic mass is 79.9. The summed E-state index contributed by atoms with van der Waals surface area (Å²) in [5, 5.41) is 0. The third-order valence-corrected chi connectivity index (χ3v) is 3.04. The van der Waals surface area contributed by atoms with Crippen molar-refractivity contribution in [3.05, 3.63) is 33.8 Å². The van der Waals surface area contributed by atoms with Crippen LogP contribution in [0.1, 0.15) is 31.9 Å². The van der Waals surface area contributed by atoms with Gasteiger partial charge in [-0.1, -0.05) is 22.0 Å². The molecular weight excluding hydrogens is 318 g/mol. The lowest BCUT2D eigenvalue weighted by atomic mass is 10.1. The van der Waals surface area contributed by atoms with Crippen molar-refractivity contribution in [2.45, 2.75) is 39.5 Å². The Bertz CT molecular complexity index is 457. The van der Waals surface area contributed by atoms with Crippen LogP contribution in [0.15, 0.2) is 22.7 Å². The molecule has 1 aliphatic rings. The average molecular weight is 335 g/mol. The van der Waals surface area contributed by atoms with Gasteiger partial charge in [-0.2, -0.15) is 0 Å². The Balaban J connectivity index is 0.00000162. The van der Waals surface area contributed by atoms with Gasteiger partial charge in [0.2, 0.25) is 0 Å². The summed E-state index contributed by atoms with van der Waals surface area (Å²) in [4.78, 5) is 13.6. The molecule has 1 amide bonds. The Morgan fingerprint density at radius 1 is 1.28 bits per heavy atom. The topological polar surface area (TPSA) is 29.5 Å². The fourth-order valence-corrected chi connectivity index (χ4v) is 2.23. The molecule has 0 saturated heterocycles. The maximum absolute atomic E-state index is 11.9. The zero-order valence-electron chi connectivity index (χ0n) is 10.7. The molecule has 0 fully saturated rings. The number of nitrogens with zero attached hydrogens (tertiary/aromatic N) is 1. The standard InChI is InChI=1S/C13H16BrNO2.ClH/c1-13(2,3)17-12(16)15-7-9-4-5-11(14)6-10(9)8-15;/h4-6H,7-8H2,1-3H3;1H. The van der Waals surface area contributed by atoms with Crippen LogP contribution in [0.3, 0.4) is 0 Å². The molecule has 1 heterocycles. The van der Waals surface area contributed by atoms with Gasteiger partial charge in [0, 0.05) is 17.6 Å². The van der Waals surface area contributed by atoms with Crippen LogP contribution in [0.4, 0.5) is 4.79 Å². The number of amides is 1. The average Bonchev–Trinajstić information content (AvgIpc) is 2.57. The molecule has 3 nitrogen and oxygen atoms in total. The largest absolute Gasteiger partial charge is 0.444 e. The number of hydrogen-bond acceptors (Lipinski definition) is 2. The molecule has 1 aromatic rings. The van der Waals surface area contributed by atoms with E-state index in [0.717, 1.165) is 4.47 Å². The van der Waals surface area contributed by atoms with E-state index >= 15 is 0 Å². The monoisotopic (exact) mass is 333 g/mol. The lowest BCUT2D eigenvalue weighted by Gasteiger charge is -2.24. The van der Waals surface area contributed by atoms with Gasteiger partial charge in [0.1, 0.15) is 5.60 Å². The molecule has 0 bridgehead atoms. The molecule has 2 rings (SSSR count). The van der Waals surface area contributed by atoms with Crippen molar-refractivity contribution >= 4 is 34.4 Å². The second-order valence-corrected chi connectivity index (χ2v) is 6.17. The zero-order chi connectivity index (χ0) is 12.6. The molecule has 1 aromatic carbocycles. The van der Waals surface area contributed by atoms with Crippen molar-refractivity contribution in [2.75, 3.05) is 0 Å². The Morgan fingerprint density at radius 3 is 2.50 bits per heavy atom. The van der Waals surface area contributed by atoms with E-state index in [1.165, 1.54) is 11.1 Å². The molecule has 0 unspecified atom stereocenters. The summed E-state index contributed by atoms with van der Waals surface area (Å²) in [6.07, 6.45) is -0.246. The lowest BCUT2D eigenvalue weighted by molar-refractivity contribution is 0.0242. The number of fused-ring (bicyclic) bond motifs is 1. The highest BCUT2D eigenvalue weighted by Gasteiger charge is 2.27. The Labute approximate surface area is 122 Å². The molecule has 1 aliphatic heterocycles. The number of carbonyl (C=O) groups excluding carboxylic acids is 1. The SMILES string of the molecule is CC(C)(C)OC(=O)N1Cc2ccc(Br)cc2C1.Cl. The van der Waals surface area contributed by atoms with Gasteiger partial charge in [-0.3, -0.25) is 4.90 Å². The molecular formula is C13H17BrClNO2. The molecule has 0 aromatic heterocycles. The van der Waals surface area contributed by atoms with Gasteiger partial charge in [-0.15, -0.1) is 12.4 Å². The quantitative estimate of drug-likeness (QED) is 0.714. The number of carbonyl (C=O) groups is 1. The number of halogens is 2. The zero-order valence-corrected chi connectivity index (χ0v) is 13.1. The van der Waals surface area contributed by atoms with Crippen LogP contribution in [0.25, 0.3) is 0 Å². The van der Waals surface area contributed by atoms with Gasteiger partial charge in [-0.25, -0.2) is 4.79 Å². The summed E-state index contributed by atoms with van der Waals surface area (Å²) < 4.78 is 6.40. The molecule has 0 radical (unpaired) electrons. The van der Waals surface area contributed by atoms with Gasteiger partial charge < -0.3 is 4.74 Å². The summed E-state index contributed by atoms with van der Waals surface area (Å²) in [7, 11) is 0. The van der Waals surface area contributed by atoms with Gasteiger partial charge in [0.05, 0.1) is 0 Å². The number of rotatable bonds is 0. The molecule has 0 spiro atoms. The fourth-order valence-electron chi connectivity index (χ4n) is 1.82. The smallest absolute Gasteiger partial charge is 0.410 e.